The molecule has 27 heavy (non-hydrogen) atoms. The highest BCUT2D eigenvalue weighted by atomic mass is 19.1. The van der Waals surface area contributed by atoms with Gasteiger partial charge < -0.3 is 15.2 Å². The van der Waals surface area contributed by atoms with E-state index in [4.69, 9.17) is 5.73 Å². The first-order chi connectivity index (χ1) is 13.0. The summed E-state index contributed by atoms with van der Waals surface area (Å²) in [6.45, 7) is 1.32. The zero-order valence-corrected chi connectivity index (χ0v) is 14.7. The van der Waals surface area contributed by atoms with Crippen molar-refractivity contribution in [2.45, 2.75) is 18.8 Å². The van der Waals surface area contributed by atoms with Gasteiger partial charge in [0.2, 0.25) is 11.9 Å². The number of halogens is 2. The first kappa shape index (κ1) is 17.3. The topological polar surface area (TPSA) is 98.6 Å². The van der Waals surface area contributed by atoms with Crippen molar-refractivity contribution in [3.63, 3.8) is 0 Å². The van der Waals surface area contributed by atoms with Crippen LogP contribution in [-0.2, 0) is 7.05 Å². The predicted octanol–water partition coefficient (Wildman–Crippen LogP) is 1.91. The number of nitrogen functional groups attached to an aromatic ring is 1. The molecule has 10 heteroatoms. The Kier molecular flexibility index (Phi) is 4.38. The summed E-state index contributed by atoms with van der Waals surface area (Å²) >= 11 is 0. The van der Waals surface area contributed by atoms with E-state index in [2.05, 4.69) is 25.1 Å². The third-order valence-corrected chi connectivity index (χ3v) is 4.88. The van der Waals surface area contributed by atoms with Gasteiger partial charge in [0, 0.05) is 49.6 Å². The number of piperidine rings is 1. The molecule has 0 saturated carbocycles. The molecule has 3 aromatic rings. The summed E-state index contributed by atoms with van der Waals surface area (Å²) in [5.41, 5.74) is 7.01. The largest absolute Gasteiger partial charge is 0.368 e. The highest BCUT2D eigenvalue weighted by Crippen LogP contribution is 2.33. The van der Waals surface area contributed by atoms with Gasteiger partial charge in [0.25, 0.3) is 0 Å². The molecule has 0 amide bonds. The lowest BCUT2D eigenvalue weighted by atomic mass is 9.95. The summed E-state index contributed by atoms with van der Waals surface area (Å²) in [4.78, 5) is 13.3. The molecule has 1 aliphatic rings. The molecule has 3 aromatic heterocycles. The molecule has 140 valence electrons. The molecule has 4 rings (SSSR count). The number of nitrogens with two attached hydrogens (primary N) is 1. The standard InChI is InChI=1S/C17H18F2N8/c1-26-14(24-25-17(26)20)10-4-6-27(7-5-10)15-12(9-22-16(19)23-15)11-2-3-13(18)21-8-11/h2-3,8-10H,4-7H2,1H3,(H2,20,25). The van der Waals surface area contributed by atoms with E-state index >= 15 is 0 Å². The second kappa shape index (κ2) is 6.86. The fraction of sp³-hybridized carbons (Fsp3) is 0.353. The van der Waals surface area contributed by atoms with Crippen LogP contribution in [0, 0.1) is 12.0 Å². The Morgan fingerprint density at radius 2 is 1.85 bits per heavy atom. The molecule has 0 aromatic carbocycles. The Labute approximate surface area is 154 Å². The van der Waals surface area contributed by atoms with Gasteiger partial charge in [-0.25, -0.2) is 9.97 Å². The lowest BCUT2D eigenvalue weighted by Crippen LogP contribution is -2.34. The van der Waals surface area contributed by atoms with Crippen molar-refractivity contribution in [1.82, 2.24) is 29.7 Å². The van der Waals surface area contributed by atoms with Crippen molar-refractivity contribution >= 4 is 11.8 Å². The number of hydrogen-bond acceptors (Lipinski definition) is 7. The second-order valence-corrected chi connectivity index (χ2v) is 6.48. The molecule has 0 bridgehead atoms. The summed E-state index contributed by atoms with van der Waals surface area (Å²) in [5, 5.41) is 8.07. The van der Waals surface area contributed by atoms with Crippen molar-refractivity contribution in [3.8, 4) is 11.1 Å². The van der Waals surface area contributed by atoms with Crippen molar-refractivity contribution in [3.05, 3.63) is 42.4 Å². The van der Waals surface area contributed by atoms with E-state index in [-0.39, 0.29) is 5.92 Å². The minimum absolute atomic E-state index is 0.221. The summed E-state index contributed by atoms with van der Waals surface area (Å²) in [5.74, 6) is 1.36. The van der Waals surface area contributed by atoms with Crippen LogP contribution in [0.3, 0.4) is 0 Å². The van der Waals surface area contributed by atoms with Gasteiger partial charge >= 0.3 is 6.08 Å². The molecule has 0 unspecified atom stereocenters. The van der Waals surface area contributed by atoms with Crippen molar-refractivity contribution in [1.29, 1.82) is 0 Å². The van der Waals surface area contributed by atoms with Crippen molar-refractivity contribution in [2.75, 3.05) is 23.7 Å². The van der Waals surface area contributed by atoms with E-state index in [9.17, 15) is 8.78 Å². The summed E-state index contributed by atoms with van der Waals surface area (Å²) in [7, 11) is 1.84. The molecule has 8 nitrogen and oxygen atoms in total. The summed E-state index contributed by atoms with van der Waals surface area (Å²) in [6.07, 6.45) is 3.61. The molecule has 1 fully saturated rings. The Morgan fingerprint density at radius 1 is 1.07 bits per heavy atom. The lowest BCUT2D eigenvalue weighted by molar-refractivity contribution is 0.468. The monoisotopic (exact) mass is 372 g/mol. The van der Waals surface area contributed by atoms with Crippen LogP contribution in [-0.4, -0.2) is 42.8 Å². The van der Waals surface area contributed by atoms with E-state index < -0.39 is 12.0 Å². The van der Waals surface area contributed by atoms with E-state index in [1.54, 1.807) is 10.6 Å². The van der Waals surface area contributed by atoms with Crippen LogP contribution < -0.4 is 10.6 Å². The average molecular weight is 372 g/mol. The maximum Gasteiger partial charge on any atom is 0.310 e. The highest BCUT2D eigenvalue weighted by molar-refractivity contribution is 5.74. The summed E-state index contributed by atoms with van der Waals surface area (Å²) in [6, 6.07) is 2.84. The molecule has 1 aliphatic heterocycles. The quantitative estimate of drug-likeness (QED) is 0.554. The fourth-order valence-electron chi connectivity index (χ4n) is 3.39. The number of pyridine rings is 1. The normalized spacial score (nSPS) is 15.3. The van der Waals surface area contributed by atoms with Crippen LogP contribution >= 0.6 is 0 Å². The van der Waals surface area contributed by atoms with Crippen LogP contribution in [0.4, 0.5) is 20.5 Å². The van der Waals surface area contributed by atoms with Crippen LogP contribution in [0.5, 0.6) is 0 Å². The van der Waals surface area contributed by atoms with Gasteiger partial charge in [-0.05, 0) is 25.0 Å². The van der Waals surface area contributed by atoms with Crippen LogP contribution in [0.1, 0.15) is 24.6 Å². The summed E-state index contributed by atoms with van der Waals surface area (Å²) < 4.78 is 28.6. The number of rotatable bonds is 3. The first-order valence-electron chi connectivity index (χ1n) is 8.57. The lowest BCUT2D eigenvalue weighted by Gasteiger charge is -2.33. The molecule has 4 heterocycles. The zero-order chi connectivity index (χ0) is 19.0. The molecule has 0 atom stereocenters. The first-order valence-corrected chi connectivity index (χ1v) is 8.57. The maximum absolute atomic E-state index is 13.7. The van der Waals surface area contributed by atoms with Crippen molar-refractivity contribution < 1.29 is 8.78 Å². The van der Waals surface area contributed by atoms with Gasteiger partial charge in [0.15, 0.2) is 0 Å². The third-order valence-electron chi connectivity index (χ3n) is 4.88. The molecule has 0 spiro atoms. The van der Waals surface area contributed by atoms with Crippen LogP contribution in [0.25, 0.3) is 11.1 Å². The maximum atomic E-state index is 13.7. The minimum Gasteiger partial charge on any atom is -0.368 e. The molecule has 0 radical (unpaired) electrons. The van der Waals surface area contributed by atoms with Gasteiger partial charge in [0.05, 0.1) is 0 Å². The van der Waals surface area contributed by atoms with Gasteiger partial charge in [-0.15, -0.1) is 10.2 Å². The molecule has 2 N–H and O–H groups in total. The molecular formula is C17H18F2N8. The third kappa shape index (κ3) is 3.29. The Hall–Kier alpha value is -3.17. The van der Waals surface area contributed by atoms with E-state index in [1.807, 2.05) is 11.9 Å². The number of anilines is 2. The number of nitrogens with zero attached hydrogens (tertiary/aromatic N) is 7. The zero-order valence-electron chi connectivity index (χ0n) is 14.7. The van der Waals surface area contributed by atoms with E-state index in [1.165, 1.54) is 18.5 Å². The average Bonchev–Trinajstić information content (AvgIpc) is 3.01. The van der Waals surface area contributed by atoms with Gasteiger partial charge in [-0.3, -0.25) is 0 Å². The Morgan fingerprint density at radius 3 is 2.48 bits per heavy atom. The SMILES string of the molecule is Cn1c(N)nnc1C1CCN(c2nc(F)ncc2-c2ccc(F)nc2)CC1. The van der Waals surface area contributed by atoms with Gasteiger partial charge in [-0.2, -0.15) is 13.8 Å². The molecular weight excluding hydrogens is 354 g/mol. The van der Waals surface area contributed by atoms with E-state index in [0.717, 1.165) is 18.7 Å². The van der Waals surface area contributed by atoms with Crippen LogP contribution in [0.2, 0.25) is 0 Å². The van der Waals surface area contributed by atoms with Gasteiger partial charge in [-0.1, -0.05) is 0 Å². The molecule has 0 aliphatic carbocycles. The second-order valence-electron chi connectivity index (χ2n) is 6.48. The number of aromatic nitrogens is 6. The Balaban J connectivity index is 1.58. The van der Waals surface area contributed by atoms with Crippen LogP contribution in [0.15, 0.2) is 24.5 Å². The minimum atomic E-state index is -0.799. The smallest absolute Gasteiger partial charge is 0.310 e. The highest BCUT2D eigenvalue weighted by Gasteiger charge is 2.27. The molecule has 1 saturated heterocycles. The fourth-order valence-corrected chi connectivity index (χ4v) is 3.39. The predicted molar refractivity (Wildman–Crippen MR) is 94.8 cm³/mol. The Bertz CT molecular complexity index is 948. The van der Waals surface area contributed by atoms with Crippen molar-refractivity contribution in [2.24, 2.45) is 7.05 Å². The number of hydrogen-bond donors (Lipinski definition) is 1. The van der Waals surface area contributed by atoms with E-state index in [0.29, 0.717) is 36.0 Å². The van der Waals surface area contributed by atoms with Gasteiger partial charge in [0.1, 0.15) is 11.6 Å².